The molecule has 1 N–H and O–H groups in total. The lowest BCUT2D eigenvalue weighted by Gasteiger charge is -2.29. The van der Waals surface area contributed by atoms with Gasteiger partial charge in [-0.15, -0.1) is 0 Å². The molecule has 0 radical (unpaired) electrons. The Morgan fingerprint density at radius 1 is 1.24 bits per heavy atom. The molecule has 0 aliphatic heterocycles. The monoisotopic (exact) mass is 297 g/mol. The number of esters is 1. The quantitative estimate of drug-likeness (QED) is 0.403. The van der Waals surface area contributed by atoms with Gasteiger partial charge < -0.3 is 10.1 Å². The number of hydrogen-bond acceptors (Lipinski definition) is 4. The molecule has 0 aromatic heterocycles. The summed E-state index contributed by atoms with van der Waals surface area (Å²) < 4.78 is 4.77. The van der Waals surface area contributed by atoms with Crippen LogP contribution >= 0.6 is 0 Å². The molecule has 0 aliphatic rings. The zero-order chi connectivity index (χ0) is 16.5. The highest BCUT2D eigenvalue weighted by Gasteiger charge is 2.46. The Morgan fingerprint density at radius 3 is 2.29 bits per heavy atom. The van der Waals surface area contributed by atoms with Gasteiger partial charge in [0.25, 0.3) is 0 Å². The van der Waals surface area contributed by atoms with Crippen LogP contribution in [0.15, 0.2) is 12.2 Å². The third-order valence-electron chi connectivity index (χ3n) is 3.04. The Hall–Kier alpha value is -1.65. The van der Waals surface area contributed by atoms with Crippen molar-refractivity contribution in [1.29, 1.82) is 0 Å². The lowest BCUT2D eigenvalue weighted by Crippen LogP contribution is -2.60. The topological polar surface area (TPSA) is 72.5 Å². The van der Waals surface area contributed by atoms with Crippen molar-refractivity contribution in [1.82, 2.24) is 5.32 Å². The van der Waals surface area contributed by atoms with Crippen LogP contribution in [-0.4, -0.2) is 30.3 Å². The molecule has 0 fully saturated rings. The van der Waals surface area contributed by atoms with Crippen LogP contribution < -0.4 is 5.32 Å². The Bertz CT molecular complexity index is 401. The van der Waals surface area contributed by atoms with E-state index in [0.29, 0.717) is 0 Å². The molecule has 0 heterocycles. The maximum absolute atomic E-state index is 12.5. The lowest BCUT2D eigenvalue weighted by molar-refractivity contribution is -0.155. The van der Waals surface area contributed by atoms with E-state index in [4.69, 9.17) is 4.74 Å². The minimum Gasteiger partial charge on any atom is -0.467 e. The lowest BCUT2D eigenvalue weighted by atomic mass is 9.85. The first-order valence-corrected chi connectivity index (χ1v) is 7.35. The molecule has 5 heteroatoms. The van der Waals surface area contributed by atoms with Gasteiger partial charge in [0, 0.05) is 19.8 Å². The number of Topliss-reactive ketones (excluding diaryl/α,β-unsaturated/α-hetero) is 1. The maximum Gasteiger partial charge on any atom is 0.339 e. The molecule has 21 heavy (non-hydrogen) atoms. The van der Waals surface area contributed by atoms with Crippen LogP contribution in [0.4, 0.5) is 0 Å². The Balaban J connectivity index is 5.45. The fraction of sp³-hybridized carbons (Fsp3) is 0.688. The van der Waals surface area contributed by atoms with E-state index < -0.39 is 17.4 Å². The van der Waals surface area contributed by atoms with E-state index in [2.05, 4.69) is 5.32 Å². The van der Waals surface area contributed by atoms with E-state index in [0.717, 1.165) is 12.8 Å². The highest BCUT2D eigenvalue weighted by atomic mass is 16.5. The molecule has 1 amide bonds. The van der Waals surface area contributed by atoms with Crippen LogP contribution in [0.3, 0.4) is 0 Å². The molecule has 5 nitrogen and oxygen atoms in total. The van der Waals surface area contributed by atoms with Gasteiger partial charge in [0.1, 0.15) is 0 Å². The van der Waals surface area contributed by atoms with Gasteiger partial charge in [0.05, 0.1) is 7.11 Å². The standard InChI is InChI=1S/C16H27NO4/c1-6-7-8-9-10-16(15(20)21-5,17-13(4)18)14(19)11-12(2)3/h8-9,12H,6-7,10-11H2,1-5H3,(H,17,18)/b9-8+. The Morgan fingerprint density at radius 2 is 1.86 bits per heavy atom. The molecule has 0 aromatic carbocycles. The summed E-state index contributed by atoms with van der Waals surface area (Å²) in [4.78, 5) is 36.2. The number of hydrogen-bond donors (Lipinski definition) is 1. The number of amides is 1. The van der Waals surface area contributed by atoms with Crippen molar-refractivity contribution in [2.45, 2.75) is 58.9 Å². The second-order valence-corrected chi connectivity index (χ2v) is 5.56. The summed E-state index contributed by atoms with van der Waals surface area (Å²) in [6, 6.07) is 0. The summed E-state index contributed by atoms with van der Waals surface area (Å²) in [6.45, 7) is 7.10. The molecule has 120 valence electrons. The molecule has 1 unspecified atom stereocenters. The average Bonchev–Trinajstić information content (AvgIpc) is 2.40. The highest BCUT2D eigenvalue weighted by molar-refractivity contribution is 6.11. The highest BCUT2D eigenvalue weighted by Crippen LogP contribution is 2.20. The second-order valence-electron chi connectivity index (χ2n) is 5.56. The van der Waals surface area contributed by atoms with Crippen LogP contribution in [0.25, 0.3) is 0 Å². The van der Waals surface area contributed by atoms with Crippen LogP contribution in [0.1, 0.15) is 53.4 Å². The van der Waals surface area contributed by atoms with Crippen molar-refractivity contribution < 1.29 is 19.1 Å². The van der Waals surface area contributed by atoms with E-state index in [-0.39, 0.29) is 24.5 Å². The zero-order valence-corrected chi connectivity index (χ0v) is 13.7. The normalized spacial score (nSPS) is 14.0. The van der Waals surface area contributed by atoms with Crippen LogP contribution in [0, 0.1) is 5.92 Å². The minimum atomic E-state index is -1.62. The molecule has 0 aliphatic carbocycles. The Labute approximate surface area is 127 Å². The van der Waals surface area contributed by atoms with Crippen molar-refractivity contribution >= 4 is 17.7 Å². The smallest absolute Gasteiger partial charge is 0.339 e. The summed E-state index contributed by atoms with van der Waals surface area (Å²) in [7, 11) is 1.22. The number of carbonyl (C=O) groups is 3. The van der Waals surface area contributed by atoms with Gasteiger partial charge >= 0.3 is 5.97 Å². The molecular weight excluding hydrogens is 270 g/mol. The van der Waals surface area contributed by atoms with Gasteiger partial charge in [0.15, 0.2) is 5.78 Å². The fourth-order valence-electron chi connectivity index (χ4n) is 2.05. The predicted octanol–water partition coefficient (Wildman–Crippen LogP) is 2.40. The van der Waals surface area contributed by atoms with Crippen LogP contribution in [0.2, 0.25) is 0 Å². The molecule has 0 saturated carbocycles. The molecular formula is C16H27NO4. The molecule has 0 rings (SSSR count). The summed E-state index contributed by atoms with van der Waals surface area (Å²) >= 11 is 0. The first kappa shape index (κ1) is 19.4. The zero-order valence-electron chi connectivity index (χ0n) is 13.7. The van der Waals surface area contributed by atoms with Crippen molar-refractivity contribution in [3.05, 3.63) is 12.2 Å². The van der Waals surface area contributed by atoms with Gasteiger partial charge in [-0.25, -0.2) is 4.79 Å². The van der Waals surface area contributed by atoms with Crippen molar-refractivity contribution in [3.8, 4) is 0 Å². The van der Waals surface area contributed by atoms with Crippen LogP contribution in [0.5, 0.6) is 0 Å². The number of ketones is 1. The molecule has 0 spiro atoms. The van der Waals surface area contributed by atoms with E-state index >= 15 is 0 Å². The number of nitrogens with one attached hydrogen (secondary N) is 1. The van der Waals surface area contributed by atoms with Crippen molar-refractivity contribution in [3.63, 3.8) is 0 Å². The van der Waals surface area contributed by atoms with Gasteiger partial charge in [-0.05, 0) is 12.3 Å². The summed E-state index contributed by atoms with van der Waals surface area (Å²) in [5.41, 5.74) is -1.62. The van der Waals surface area contributed by atoms with Gasteiger partial charge in [-0.2, -0.15) is 0 Å². The molecule has 0 aromatic rings. The minimum absolute atomic E-state index is 0.0925. The third kappa shape index (κ3) is 6.10. The van der Waals surface area contributed by atoms with E-state index in [1.54, 1.807) is 6.08 Å². The first-order chi connectivity index (χ1) is 9.80. The maximum atomic E-state index is 12.5. The van der Waals surface area contributed by atoms with E-state index in [9.17, 15) is 14.4 Å². The van der Waals surface area contributed by atoms with Gasteiger partial charge in [-0.3, -0.25) is 9.59 Å². The molecule has 0 bridgehead atoms. The number of methoxy groups -OCH3 is 1. The largest absolute Gasteiger partial charge is 0.467 e. The third-order valence-corrected chi connectivity index (χ3v) is 3.04. The average molecular weight is 297 g/mol. The van der Waals surface area contributed by atoms with E-state index in [1.807, 2.05) is 26.8 Å². The summed E-state index contributed by atoms with van der Waals surface area (Å²) in [5.74, 6) is -1.37. The number of allylic oxidation sites excluding steroid dienone is 1. The molecule has 0 saturated heterocycles. The number of carbonyl (C=O) groups excluding carboxylic acids is 3. The molecule has 1 atom stereocenters. The summed E-state index contributed by atoms with van der Waals surface area (Å²) in [6.07, 6.45) is 5.82. The number of ether oxygens (including phenoxy) is 1. The van der Waals surface area contributed by atoms with Crippen molar-refractivity contribution in [2.24, 2.45) is 5.92 Å². The Kier molecular flexibility index (Phi) is 8.58. The fourth-order valence-corrected chi connectivity index (χ4v) is 2.05. The van der Waals surface area contributed by atoms with Gasteiger partial charge in [0.2, 0.25) is 11.4 Å². The number of unbranched alkanes of at least 4 members (excludes halogenated alkanes) is 1. The number of rotatable bonds is 9. The first-order valence-electron chi connectivity index (χ1n) is 7.35. The van der Waals surface area contributed by atoms with Crippen LogP contribution in [-0.2, 0) is 19.1 Å². The second kappa shape index (κ2) is 9.32. The van der Waals surface area contributed by atoms with E-state index in [1.165, 1.54) is 14.0 Å². The van der Waals surface area contributed by atoms with Crippen molar-refractivity contribution in [2.75, 3.05) is 7.11 Å². The SMILES string of the molecule is CCC/C=C/CC(NC(C)=O)(C(=O)CC(C)C)C(=O)OC. The van der Waals surface area contributed by atoms with Gasteiger partial charge in [-0.1, -0.05) is 39.3 Å². The summed E-state index contributed by atoms with van der Waals surface area (Å²) in [5, 5.41) is 2.51. The predicted molar refractivity (Wildman–Crippen MR) is 81.7 cm³/mol.